The number of rotatable bonds is 8. The van der Waals surface area contributed by atoms with Gasteiger partial charge >= 0.3 is 0 Å². The molecule has 0 aliphatic rings. The van der Waals surface area contributed by atoms with Crippen LogP contribution in [0.5, 0.6) is 0 Å². The van der Waals surface area contributed by atoms with Crippen LogP contribution in [0.1, 0.15) is 32.8 Å². The Hall–Kier alpha value is -1.88. The molecule has 0 saturated heterocycles. The summed E-state index contributed by atoms with van der Waals surface area (Å²) in [6.07, 6.45) is 1.12. The Labute approximate surface area is 132 Å². The van der Waals surface area contributed by atoms with Crippen LogP contribution in [-0.4, -0.2) is 35.6 Å². The monoisotopic (exact) mass is 306 g/mol. The summed E-state index contributed by atoms with van der Waals surface area (Å²) in [6, 6.07) is 8.74. The van der Waals surface area contributed by atoms with E-state index in [0.29, 0.717) is 12.8 Å². The van der Waals surface area contributed by atoms with Crippen molar-refractivity contribution >= 4 is 11.8 Å². The maximum Gasteiger partial charge on any atom is 0.242 e. The summed E-state index contributed by atoms with van der Waals surface area (Å²) in [6.45, 7) is 5.24. The maximum atomic E-state index is 12.3. The minimum atomic E-state index is -0.567. The largest absolute Gasteiger partial charge is 0.394 e. The minimum Gasteiger partial charge on any atom is -0.394 e. The zero-order valence-electron chi connectivity index (χ0n) is 13.5. The van der Waals surface area contributed by atoms with Gasteiger partial charge in [-0.15, -0.1) is 0 Å². The van der Waals surface area contributed by atoms with E-state index in [4.69, 9.17) is 0 Å². The molecule has 1 rings (SSSR count). The lowest BCUT2D eigenvalue weighted by Gasteiger charge is -2.23. The Balaban J connectivity index is 2.66. The van der Waals surface area contributed by atoms with E-state index in [1.54, 1.807) is 0 Å². The third kappa shape index (κ3) is 6.72. The van der Waals surface area contributed by atoms with Gasteiger partial charge in [-0.2, -0.15) is 0 Å². The Kier molecular flexibility index (Phi) is 7.60. The molecule has 1 aromatic rings. The van der Waals surface area contributed by atoms with E-state index < -0.39 is 6.04 Å². The molecule has 0 heterocycles. The van der Waals surface area contributed by atoms with Crippen LogP contribution >= 0.6 is 0 Å². The molecule has 0 aliphatic carbocycles. The van der Waals surface area contributed by atoms with Crippen molar-refractivity contribution in [2.45, 2.75) is 45.7 Å². The van der Waals surface area contributed by atoms with E-state index in [2.05, 4.69) is 10.6 Å². The van der Waals surface area contributed by atoms with Crippen LogP contribution < -0.4 is 10.6 Å². The average Bonchev–Trinajstić information content (AvgIpc) is 2.45. The smallest absolute Gasteiger partial charge is 0.242 e. The zero-order valence-corrected chi connectivity index (χ0v) is 13.5. The first-order chi connectivity index (χ1) is 10.4. The lowest BCUT2D eigenvalue weighted by atomic mass is 10.0. The molecule has 2 amide bonds. The lowest BCUT2D eigenvalue weighted by molar-refractivity contribution is -0.129. The summed E-state index contributed by atoms with van der Waals surface area (Å²) < 4.78 is 0. The second-order valence-corrected chi connectivity index (χ2v) is 5.96. The van der Waals surface area contributed by atoms with Crippen molar-refractivity contribution in [2.24, 2.45) is 5.92 Å². The molecule has 5 nitrogen and oxygen atoms in total. The molecule has 0 unspecified atom stereocenters. The summed E-state index contributed by atoms with van der Waals surface area (Å²) in [5.74, 6) is -0.201. The second-order valence-electron chi connectivity index (χ2n) is 5.96. The fraction of sp³-hybridized carbons (Fsp3) is 0.529. The number of carbonyl (C=O) groups excluding carboxylic acids is 2. The van der Waals surface area contributed by atoms with Crippen molar-refractivity contribution in [3.63, 3.8) is 0 Å². The number of nitrogens with one attached hydrogen (secondary N) is 2. The molecule has 0 bridgehead atoms. The van der Waals surface area contributed by atoms with Gasteiger partial charge in [-0.1, -0.05) is 44.2 Å². The van der Waals surface area contributed by atoms with Crippen LogP contribution in [0.4, 0.5) is 0 Å². The molecule has 0 fully saturated rings. The Morgan fingerprint density at radius 3 is 2.27 bits per heavy atom. The van der Waals surface area contributed by atoms with Crippen LogP contribution in [0, 0.1) is 5.92 Å². The fourth-order valence-corrected chi connectivity index (χ4v) is 2.31. The summed E-state index contributed by atoms with van der Waals surface area (Å²) >= 11 is 0. The minimum absolute atomic E-state index is 0.144. The van der Waals surface area contributed by atoms with Crippen LogP contribution in [0.25, 0.3) is 0 Å². The molecular weight excluding hydrogens is 280 g/mol. The molecular formula is C17H26N2O3. The van der Waals surface area contributed by atoms with Gasteiger partial charge < -0.3 is 15.7 Å². The molecule has 122 valence electrons. The first-order valence-corrected chi connectivity index (χ1v) is 7.64. The summed E-state index contributed by atoms with van der Waals surface area (Å²) in [5.41, 5.74) is 1.04. The number of aliphatic hydroxyl groups is 1. The summed E-state index contributed by atoms with van der Waals surface area (Å²) in [7, 11) is 0. The molecule has 3 N–H and O–H groups in total. The van der Waals surface area contributed by atoms with Gasteiger partial charge in [0.2, 0.25) is 11.8 Å². The summed E-state index contributed by atoms with van der Waals surface area (Å²) in [5, 5.41) is 15.0. The highest BCUT2D eigenvalue weighted by Crippen LogP contribution is 2.07. The Morgan fingerprint density at radius 1 is 1.14 bits per heavy atom. The highest BCUT2D eigenvalue weighted by Gasteiger charge is 2.23. The normalized spacial score (nSPS) is 13.5. The average molecular weight is 306 g/mol. The highest BCUT2D eigenvalue weighted by molar-refractivity contribution is 5.87. The number of hydrogen-bond acceptors (Lipinski definition) is 3. The molecule has 0 spiro atoms. The van der Waals surface area contributed by atoms with Crippen molar-refractivity contribution in [1.82, 2.24) is 10.6 Å². The number of amides is 2. The van der Waals surface area contributed by atoms with Crippen LogP contribution in [0.15, 0.2) is 30.3 Å². The Morgan fingerprint density at radius 2 is 1.77 bits per heavy atom. The quantitative estimate of drug-likeness (QED) is 0.676. The molecule has 1 aromatic carbocycles. The number of hydrogen-bond donors (Lipinski definition) is 3. The van der Waals surface area contributed by atoms with Crippen molar-refractivity contribution in [3.05, 3.63) is 35.9 Å². The topological polar surface area (TPSA) is 78.4 Å². The van der Waals surface area contributed by atoms with Gasteiger partial charge in [-0.05, 0) is 24.3 Å². The molecule has 0 aliphatic heterocycles. The fourth-order valence-electron chi connectivity index (χ4n) is 2.31. The zero-order chi connectivity index (χ0) is 16.5. The van der Waals surface area contributed by atoms with E-state index in [1.165, 1.54) is 6.92 Å². The van der Waals surface area contributed by atoms with E-state index in [-0.39, 0.29) is 30.4 Å². The van der Waals surface area contributed by atoms with Gasteiger partial charge in [0.15, 0.2) is 0 Å². The third-order valence-electron chi connectivity index (χ3n) is 3.29. The van der Waals surface area contributed by atoms with Gasteiger partial charge in [-0.3, -0.25) is 9.59 Å². The molecule has 2 atom stereocenters. The van der Waals surface area contributed by atoms with Crippen LogP contribution in [0.3, 0.4) is 0 Å². The molecule has 0 radical (unpaired) electrons. The molecule has 5 heteroatoms. The molecule has 0 saturated carbocycles. The van der Waals surface area contributed by atoms with Crippen LogP contribution in [0.2, 0.25) is 0 Å². The first kappa shape index (κ1) is 18.2. The number of aliphatic hydroxyl groups excluding tert-OH is 1. The molecule has 22 heavy (non-hydrogen) atoms. The number of benzene rings is 1. The standard InChI is InChI=1S/C17H26N2O3/c1-12(2)9-16(18-13(3)21)17(22)19-15(11-20)10-14-7-5-4-6-8-14/h4-8,12,15-16,20H,9-11H2,1-3H3,(H,18,21)(H,19,22)/t15-,16-/m0/s1. The van der Waals surface area contributed by atoms with Gasteiger partial charge in [-0.25, -0.2) is 0 Å². The summed E-state index contributed by atoms with van der Waals surface area (Å²) in [4.78, 5) is 23.6. The predicted molar refractivity (Wildman–Crippen MR) is 86.2 cm³/mol. The molecule has 0 aromatic heterocycles. The van der Waals surface area contributed by atoms with E-state index in [0.717, 1.165) is 5.56 Å². The van der Waals surface area contributed by atoms with E-state index in [9.17, 15) is 14.7 Å². The SMILES string of the molecule is CC(=O)N[C@@H](CC(C)C)C(=O)N[C@H](CO)Cc1ccccc1. The Bertz CT molecular complexity index is 474. The van der Waals surface area contributed by atoms with Crippen molar-refractivity contribution in [3.8, 4) is 0 Å². The van der Waals surface area contributed by atoms with Crippen LogP contribution in [-0.2, 0) is 16.0 Å². The first-order valence-electron chi connectivity index (χ1n) is 7.64. The highest BCUT2D eigenvalue weighted by atomic mass is 16.3. The van der Waals surface area contributed by atoms with Crippen molar-refractivity contribution < 1.29 is 14.7 Å². The maximum absolute atomic E-state index is 12.3. The number of carbonyl (C=O) groups is 2. The predicted octanol–water partition coefficient (Wildman–Crippen LogP) is 1.26. The lowest BCUT2D eigenvalue weighted by Crippen LogP contribution is -2.51. The van der Waals surface area contributed by atoms with E-state index >= 15 is 0 Å². The van der Waals surface area contributed by atoms with Crippen molar-refractivity contribution in [1.29, 1.82) is 0 Å². The van der Waals surface area contributed by atoms with Crippen molar-refractivity contribution in [2.75, 3.05) is 6.61 Å². The van der Waals surface area contributed by atoms with Gasteiger partial charge in [0.05, 0.1) is 12.6 Å². The second kappa shape index (κ2) is 9.20. The third-order valence-corrected chi connectivity index (χ3v) is 3.29. The van der Waals surface area contributed by atoms with E-state index in [1.807, 2.05) is 44.2 Å². The van der Waals surface area contributed by atoms with Gasteiger partial charge in [0.1, 0.15) is 6.04 Å². The van der Waals surface area contributed by atoms with Gasteiger partial charge in [0, 0.05) is 6.92 Å². The van der Waals surface area contributed by atoms with Gasteiger partial charge in [0.25, 0.3) is 0 Å².